The zero-order chi connectivity index (χ0) is 18.9. The number of ether oxygens (including phenoxy) is 1. The van der Waals surface area contributed by atoms with Crippen molar-refractivity contribution in [1.82, 2.24) is 9.80 Å². The van der Waals surface area contributed by atoms with Crippen LogP contribution in [0.2, 0.25) is 0 Å². The highest BCUT2D eigenvalue weighted by molar-refractivity contribution is 8.18. The Hall–Kier alpha value is -2.12. The summed E-state index contributed by atoms with van der Waals surface area (Å²) in [5, 5.41) is -0.354. The molecule has 0 atom stereocenters. The van der Waals surface area contributed by atoms with Crippen LogP contribution < -0.4 is 0 Å². The van der Waals surface area contributed by atoms with Crippen LogP contribution in [0.4, 0.5) is 4.79 Å². The lowest BCUT2D eigenvalue weighted by atomic mass is 10.2. The van der Waals surface area contributed by atoms with Crippen molar-refractivity contribution in [3.05, 3.63) is 40.8 Å². The largest absolute Gasteiger partial charge is 0.464 e. The molecule has 2 amide bonds. The molecule has 0 unspecified atom stereocenters. The van der Waals surface area contributed by atoms with Crippen molar-refractivity contribution in [2.75, 3.05) is 32.8 Å². The van der Waals surface area contributed by atoms with Gasteiger partial charge in [0.1, 0.15) is 6.61 Å². The first-order chi connectivity index (χ1) is 12.5. The number of imide groups is 1. The molecule has 0 aliphatic carbocycles. The molecule has 7 heteroatoms. The topological polar surface area (TPSA) is 66.9 Å². The molecule has 140 valence electrons. The summed E-state index contributed by atoms with van der Waals surface area (Å²) >= 11 is 0.896. The second-order valence-electron chi connectivity index (χ2n) is 5.74. The molecule has 0 radical (unpaired) electrons. The molecule has 1 aromatic carbocycles. The highest BCUT2D eigenvalue weighted by atomic mass is 32.2. The molecule has 1 aliphatic heterocycles. The molecule has 0 N–H and O–H groups in total. The zero-order valence-corrected chi connectivity index (χ0v) is 16.0. The first kappa shape index (κ1) is 20.2. The maximum absolute atomic E-state index is 12.4. The van der Waals surface area contributed by atoms with E-state index in [-0.39, 0.29) is 24.1 Å². The average Bonchev–Trinajstić information content (AvgIpc) is 2.91. The third-order valence-electron chi connectivity index (χ3n) is 4.08. The third-order valence-corrected chi connectivity index (χ3v) is 4.98. The molecule has 0 aromatic heterocycles. The van der Waals surface area contributed by atoms with Gasteiger partial charge in [-0.1, -0.05) is 44.2 Å². The molecule has 2 rings (SSSR count). The smallest absolute Gasteiger partial charge is 0.307 e. The summed E-state index contributed by atoms with van der Waals surface area (Å²) in [6, 6.07) is 9.34. The van der Waals surface area contributed by atoms with Crippen LogP contribution in [0.3, 0.4) is 0 Å². The molecule has 0 spiro atoms. The lowest BCUT2D eigenvalue weighted by molar-refractivity contribution is -0.144. The standard InChI is InChI=1S/C19H24N2O4S/c1-3-20(4-2)12-13-25-17(22)10-11-21-18(23)16(26-19(21)24)14-15-8-6-5-7-9-15/h5-9,14H,3-4,10-13H2,1-2H3. The Bertz CT molecular complexity index is 671. The van der Waals surface area contributed by atoms with Gasteiger partial charge in [-0.25, -0.2) is 0 Å². The zero-order valence-electron chi connectivity index (χ0n) is 15.1. The van der Waals surface area contributed by atoms with Crippen LogP contribution in [0.25, 0.3) is 6.08 Å². The number of likely N-dealkylation sites (N-methyl/N-ethyl adjacent to an activating group) is 1. The minimum Gasteiger partial charge on any atom is -0.464 e. The van der Waals surface area contributed by atoms with E-state index in [4.69, 9.17) is 4.74 Å². The number of rotatable bonds is 9. The maximum Gasteiger partial charge on any atom is 0.307 e. The number of hydrogen-bond acceptors (Lipinski definition) is 6. The van der Waals surface area contributed by atoms with E-state index in [1.165, 1.54) is 0 Å². The highest BCUT2D eigenvalue weighted by Gasteiger charge is 2.35. The maximum atomic E-state index is 12.4. The van der Waals surface area contributed by atoms with Gasteiger partial charge in [0.15, 0.2) is 0 Å². The summed E-state index contributed by atoms with van der Waals surface area (Å²) in [7, 11) is 0. The fourth-order valence-electron chi connectivity index (χ4n) is 2.50. The van der Waals surface area contributed by atoms with E-state index >= 15 is 0 Å². The number of carbonyl (C=O) groups is 3. The average molecular weight is 376 g/mol. The van der Waals surface area contributed by atoms with Crippen LogP contribution >= 0.6 is 11.8 Å². The Labute approximate surface area is 158 Å². The lowest BCUT2D eigenvalue weighted by Gasteiger charge is -2.17. The molecule has 6 nitrogen and oxygen atoms in total. The minimum absolute atomic E-state index is 0.00884. The fraction of sp³-hybridized carbons (Fsp3) is 0.421. The van der Waals surface area contributed by atoms with Gasteiger partial charge in [-0.2, -0.15) is 0 Å². The molecule has 1 fully saturated rings. The Morgan fingerprint density at radius 2 is 1.88 bits per heavy atom. The Kier molecular flexibility index (Phi) is 7.87. The van der Waals surface area contributed by atoms with Gasteiger partial charge >= 0.3 is 5.97 Å². The van der Waals surface area contributed by atoms with Crippen LogP contribution in [0.15, 0.2) is 35.2 Å². The van der Waals surface area contributed by atoms with Gasteiger partial charge in [-0.3, -0.25) is 19.3 Å². The van der Waals surface area contributed by atoms with E-state index in [0.717, 1.165) is 35.3 Å². The normalized spacial score (nSPS) is 16.0. The van der Waals surface area contributed by atoms with E-state index in [1.54, 1.807) is 6.08 Å². The molecule has 26 heavy (non-hydrogen) atoms. The van der Waals surface area contributed by atoms with Crippen molar-refractivity contribution < 1.29 is 19.1 Å². The highest BCUT2D eigenvalue weighted by Crippen LogP contribution is 2.32. The van der Waals surface area contributed by atoms with E-state index in [9.17, 15) is 14.4 Å². The predicted molar refractivity (Wildman–Crippen MR) is 102 cm³/mol. The van der Waals surface area contributed by atoms with Crippen molar-refractivity contribution in [2.45, 2.75) is 20.3 Å². The molecule has 0 saturated carbocycles. The number of amides is 2. The van der Waals surface area contributed by atoms with E-state index in [2.05, 4.69) is 4.90 Å². The molecular weight excluding hydrogens is 352 g/mol. The summed E-state index contributed by atoms with van der Waals surface area (Å²) < 4.78 is 5.18. The predicted octanol–water partition coefficient (Wildman–Crippen LogP) is 3.00. The molecule has 0 bridgehead atoms. The first-order valence-corrected chi connectivity index (χ1v) is 9.55. The first-order valence-electron chi connectivity index (χ1n) is 8.73. The molecule has 1 aliphatic rings. The van der Waals surface area contributed by atoms with E-state index in [0.29, 0.717) is 18.1 Å². The second kappa shape index (κ2) is 10.1. The summed E-state index contributed by atoms with van der Waals surface area (Å²) in [6.45, 7) is 6.94. The lowest BCUT2D eigenvalue weighted by Crippen LogP contribution is -2.31. The molecule has 1 heterocycles. The van der Waals surface area contributed by atoms with Crippen molar-refractivity contribution in [2.24, 2.45) is 0 Å². The Morgan fingerprint density at radius 3 is 2.54 bits per heavy atom. The minimum atomic E-state index is -0.400. The quantitative estimate of drug-likeness (QED) is 0.488. The summed E-state index contributed by atoms with van der Waals surface area (Å²) in [5.74, 6) is -0.761. The van der Waals surface area contributed by atoms with Crippen LogP contribution in [0.5, 0.6) is 0 Å². The Balaban J connectivity index is 1.82. The molecular formula is C19H24N2O4S. The SMILES string of the molecule is CCN(CC)CCOC(=O)CCN1C(=O)SC(=Cc2ccccc2)C1=O. The van der Waals surface area contributed by atoms with Gasteiger partial charge in [-0.05, 0) is 36.5 Å². The monoisotopic (exact) mass is 376 g/mol. The number of esters is 1. The number of hydrogen-bond donors (Lipinski definition) is 0. The van der Waals surface area contributed by atoms with Gasteiger partial charge in [-0.15, -0.1) is 0 Å². The van der Waals surface area contributed by atoms with Crippen LogP contribution in [-0.4, -0.2) is 59.7 Å². The van der Waals surface area contributed by atoms with Crippen molar-refractivity contribution >= 4 is 35.0 Å². The van der Waals surface area contributed by atoms with Gasteiger partial charge in [0.2, 0.25) is 0 Å². The Morgan fingerprint density at radius 1 is 1.19 bits per heavy atom. The van der Waals surface area contributed by atoms with Crippen LogP contribution in [-0.2, 0) is 14.3 Å². The van der Waals surface area contributed by atoms with Crippen molar-refractivity contribution in [3.63, 3.8) is 0 Å². The van der Waals surface area contributed by atoms with Gasteiger partial charge in [0.05, 0.1) is 11.3 Å². The third kappa shape index (κ3) is 5.71. The van der Waals surface area contributed by atoms with Gasteiger partial charge in [0, 0.05) is 13.1 Å². The van der Waals surface area contributed by atoms with Crippen molar-refractivity contribution in [3.8, 4) is 0 Å². The molecule has 1 aromatic rings. The number of thioether (sulfide) groups is 1. The second-order valence-corrected chi connectivity index (χ2v) is 6.73. The number of nitrogens with zero attached hydrogens (tertiary/aromatic N) is 2. The number of benzene rings is 1. The summed E-state index contributed by atoms with van der Waals surface area (Å²) in [4.78, 5) is 39.9. The van der Waals surface area contributed by atoms with Gasteiger partial charge < -0.3 is 9.64 Å². The van der Waals surface area contributed by atoms with Gasteiger partial charge in [0.25, 0.3) is 11.1 Å². The fourth-order valence-corrected chi connectivity index (χ4v) is 3.36. The number of carbonyl (C=O) groups excluding carboxylic acids is 3. The van der Waals surface area contributed by atoms with E-state index < -0.39 is 5.97 Å². The van der Waals surface area contributed by atoms with E-state index in [1.807, 2.05) is 44.2 Å². The van der Waals surface area contributed by atoms with Crippen molar-refractivity contribution in [1.29, 1.82) is 0 Å². The summed E-state index contributed by atoms with van der Waals surface area (Å²) in [6.07, 6.45) is 1.70. The van der Waals surface area contributed by atoms with Crippen LogP contribution in [0.1, 0.15) is 25.8 Å². The molecule has 1 saturated heterocycles. The van der Waals surface area contributed by atoms with Crippen LogP contribution in [0, 0.1) is 0 Å². The summed E-state index contributed by atoms with van der Waals surface area (Å²) in [5.41, 5.74) is 0.855.